The van der Waals surface area contributed by atoms with Crippen LogP contribution in [-0.2, 0) is 14.6 Å². The number of benzene rings is 1. The monoisotopic (exact) mass is 413 g/mol. The molecule has 0 saturated carbocycles. The van der Waals surface area contributed by atoms with Gasteiger partial charge in [-0.05, 0) is 58.0 Å². The number of ether oxygens (including phenoxy) is 1. The highest BCUT2D eigenvalue weighted by atomic mass is 32.2. The molecular weight excluding hydrogens is 392 g/mol. The Morgan fingerprint density at radius 2 is 1.68 bits per heavy atom. The van der Waals surface area contributed by atoms with Crippen molar-refractivity contribution < 1.29 is 31.5 Å². The van der Waals surface area contributed by atoms with Gasteiger partial charge in [0.05, 0.1) is 10.5 Å². The number of carbonyl (C=O) groups excluding carboxylic acids is 2. The van der Waals surface area contributed by atoms with Crippen LogP contribution in [0.15, 0.2) is 35.2 Å². The van der Waals surface area contributed by atoms with Crippen molar-refractivity contribution in [3.63, 3.8) is 0 Å². The number of alkyl halides is 2. The third kappa shape index (κ3) is 4.30. The summed E-state index contributed by atoms with van der Waals surface area (Å²) < 4.78 is 54.8. The van der Waals surface area contributed by atoms with Crippen LogP contribution in [0.4, 0.5) is 8.78 Å². The first kappa shape index (κ1) is 21.7. The molecule has 2 rings (SSSR count). The van der Waals surface area contributed by atoms with Crippen LogP contribution in [-0.4, -0.2) is 37.1 Å². The van der Waals surface area contributed by atoms with E-state index in [1.807, 2.05) is 32.3 Å². The van der Waals surface area contributed by atoms with Crippen LogP contribution in [0.3, 0.4) is 0 Å². The van der Waals surface area contributed by atoms with Crippen molar-refractivity contribution in [1.29, 1.82) is 0 Å². The van der Waals surface area contributed by atoms with Gasteiger partial charge in [-0.15, -0.1) is 0 Å². The molecule has 0 radical (unpaired) electrons. The number of nitrogens with zero attached hydrogens (tertiary/aromatic N) is 1. The summed E-state index contributed by atoms with van der Waals surface area (Å²) in [7, 11) is -4.74. The molecule has 2 aromatic rings. The lowest BCUT2D eigenvalue weighted by atomic mass is 10.1. The molecule has 9 heteroatoms. The Balaban J connectivity index is 2.08. The third-order valence-electron chi connectivity index (χ3n) is 4.29. The van der Waals surface area contributed by atoms with Crippen molar-refractivity contribution in [2.45, 2.75) is 44.4 Å². The number of Topliss-reactive ketones (excluding diaryl/α,β-unsaturated/α-hetero) is 1. The van der Waals surface area contributed by atoms with E-state index in [0.717, 1.165) is 35.7 Å². The van der Waals surface area contributed by atoms with Gasteiger partial charge in [-0.3, -0.25) is 4.79 Å². The van der Waals surface area contributed by atoms with Crippen LogP contribution in [0.5, 0.6) is 0 Å². The Hall–Kier alpha value is -2.55. The molecule has 0 amide bonds. The minimum Gasteiger partial charge on any atom is -0.454 e. The van der Waals surface area contributed by atoms with Crippen LogP contribution in [0.2, 0.25) is 0 Å². The molecule has 0 fully saturated rings. The summed E-state index contributed by atoms with van der Waals surface area (Å²) in [6.07, 6.45) is 0. The number of carbonyl (C=O) groups is 2. The molecule has 0 bridgehead atoms. The van der Waals surface area contributed by atoms with Crippen molar-refractivity contribution in [1.82, 2.24) is 4.57 Å². The van der Waals surface area contributed by atoms with E-state index in [0.29, 0.717) is 5.56 Å². The van der Waals surface area contributed by atoms with E-state index in [4.69, 9.17) is 4.74 Å². The maximum absolute atomic E-state index is 12.5. The number of esters is 1. The molecular formula is C19H21F2NO5S. The molecule has 0 aliphatic carbocycles. The minimum atomic E-state index is -4.74. The molecule has 0 spiro atoms. The van der Waals surface area contributed by atoms with Crippen molar-refractivity contribution >= 4 is 21.6 Å². The van der Waals surface area contributed by atoms with Crippen LogP contribution in [0, 0.1) is 13.8 Å². The Kier molecular flexibility index (Phi) is 6.38. The molecule has 28 heavy (non-hydrogen) atoms. The van der Waals surface area contributed by atoms with Crippen molar-refractivity contribution in [2.24, 2.45) is 0 Å². The normalized spacial score (nSPS) is 11.9. The maximum atomic E-state index is 12.5. The number of rotatable bonds is 7. The standard InChI is InChI=1S/C19H21F2NO5S/c1-11(2)22-12(3)9-16(13(22)4)17(23)10-27-18(24)14-5-7-15(8-6-14)28(25,26)19(20)21/h5-9,11,19H,10H2,1-4H3. The molecule has 6 nitrogen and oxygen atoms in total. The van der Waals surface area contributed by atoms with Crippen LogP contribution in [0.25, 0.3) is 0 Å². The quantitative estimate of drug-likeness (QED) is 0.510. The minimum absolute atomic E-state index is 0.0475. The highest BCUT2D eigenvalue weighted by Gasteiger charge is 2.26. The van der Waals surface area contributed by atoms with E-state index >= 15 is 0 Å². The topological polar surface area (TPSA) is 82.4 Å². The number of hydrogen-bond acceptors (Lipinski definition) is 5. The smallest absolute Gasteiger partial charge is 0.341 e. The summed E-state index contributed by atoms with van der Waals surface area (Å²) >= 11 is 0. The number of aromatic nitrogens is 1. The van der Waals surface area contributed by atoms with Crippen LogP contribution in [0.1, 0.15) is 52.0 Å². The molecule has 0 atom stereocenters. The molecule has 0 N–H and O–H groups in total. The average Bonchev–Trinajstić information content (AvgIpc) is 2.93. The lowest BCUT2D eigenvalue weighted by molar-refractivity contribution is 0.0474. The van der Waals surface area contributed by atoms with Gasteiger partial charge in [-0.2, -0.15) is 8.78 Å². The van der Waals surface area contributed by atoms with Gasteiger partial charge in [-0.1, -0.05) is 0 Å². The molecule has 1 heterocycles. The van der Waals surface area contributed by atoms with Gasteiger partial charge in [0.15, 0.2) is 6.61 Å². The fourth-order valence-corrected chi connectivity index (χ4v) is 3.75. The summed E-state index contributed by atoms with van der Waals surface area (Å²) in [6.45, 7) is 7.19. The molecule has 0 aliphatic heterocycles. The average molecular weight is 413 g/mol. The van der Waals surface area contributed by atoms with Crippen molar-refractivity contribution in [3.05, 3.63) is 52.8 Å². The molecule has 152 valence electrons. The van der Waals surface area contributed by atoms with Gasteiger partial charge < -0.3 is 9.30 Å². The van der Waals surface area contributed by atoms with Crippen LogP contribution >= 0.6 is 0 Å². The zero-order valence-electron chi connectivity index (χ0n) is 15.9. The van der Waals surface area contributed by atoms with Crippen molar-refractivity contribution in [3.8, 4) is 0 Å². The Morgan fingerprint density at radius 1 is 1.11 bits per heavy atom. The van der Waals surface area contributed by atoms with Gasteiger partial charge in [0, 0.05) is 23.0 Å². The predicted octanol–water partition coefficient (Wildman–Crippen LogP) is 3.72. The SMILES string of the molecule is Cc1cc(C(=O)COC(=O)c2ccc(S(=O)(=O)C(F)F)cc2)c(C)n1C(C)C. The highest BCUT2D eigenvalue weighted by molar-refractivity contribution is 7.91. The lowest BCUT2D eigenvalue weighted by Gasteiger charge is -2.13. The van der Waals surface area contributed by atoms with E-state index in [-0.39, 0.29) is 17.4 Å². The Morgan fingerprint density at radius 3 is 2.14 bits per heavy atom. The van der Waals surface area contributed by atoms with E-state index < -0.39 is 33.1 Å². The number of aryl methyl sites for hydroxylation is 1. The van der Waals surface area contributed by atoms with Gasteiger partial charge in [0.2, 0.25) is 15.6 Å². The second-order valence-electron chi connectivity index (χ2n) is 6.58. The number of halogens is 2. The lowest BCUT2D eigenvalue weighted by Crippen LogP contribution is -2.16. The second kappa shape index (κ2) is 8.22. The molecule has 1 aromatic heterocycles. The first-order valence-electron chi connectivity index (χ1n) is 8.47. The number of sulfone groups is 1. The zero-order chi connectivity index (χ0) is 21.2. The zero-order valence-corrected chi connectivity index (χ0v) is 16.7. The van der Waals surface area contributed by atoms with Crippen molar-refractivity contribution in [2.75, 3.05) is 6.61 Å². The summed E-state index contributed by atoms with van der Waals surface area (Å²) in [5, 5.41) is 0. The van der Waals surface area contributed by atoms with E-state index in [1.165, 1.54) is 0 Å². The third-order valence-corrected chi connectivity index (χ3v) is 5.69. The fourth-order valence-electron chi connectivity index (χ4n) is 3.03. The Labute approximate surface area is 162 Å². The predicted molar refractivity (Wildman–Crippen MR) is 98.5 cm³/mol. The molecule has 0 saturated heterocycles. The summed E-state index contributed by atoms with van der Waals surface area (Å²) in [5.74, 6) is -4.77. The fraction of sp³-hybridized carbons (Fsp3) is 0.368. The highest BCUT2D eigenvalue weighted by Crippen LogP contribution is 2.21. The van der Waals surface area contributed by atoms with E-state index in [1.54, 1.807) is 6.07 Å². The summed E-state index contributed by atoms with van der Waals surface area (Å²) in [6, 6.07) is 5.83. The van der Waals surface area contributed by atoms with Gasteiger partial charge in [-0.25, -0.2) is 13.2 Å². The number of hydrogen-bond donors (Lipinski definition) is 0. The van der Waals surface area contributed by atoms with E-state index in [9.17, 15) is 26.8 Å². The molecule has 1 aromatic carbocycles. The molecule has 0 unspecified atom stereocenters. The maximum Gasteiger partial charge on any atom is 0.341 e. The van der Waals surface area contributed by atoms with Crippen LogP contribution < -0.4 is 0 Å². The largest absolute Gasteiger partial charge is 0.454 e. The Bertz CT molecular complexity index is 992. The summed E-state index contributed by atoms with van der Waals surface area (Å²) in [5.41, 5.74) is 2.10. The first-order chi connectivity index (χ1) is 13.0. The first-order valence-corrected chi connectivity index (χ1v) is 10.0. The summed E-state index contributed by atoms with van der Waals surface area (Å²) in [4.78, 5) is 23.9. The van der Waals surface area contributed by atoms with E-state index in [2.05, 4.69) is 0 Å². The number of ketones is 1. The van der Waals surface area contributed by atoms with Gasteiger partial charge >= 0.3 is 11.7 Å². The second-order valence-corrected chi connectivity index (χ2v) is 8.50. The molecule has 0 aliphatic rings. The van der Waals surface area contributed by atoms with Gasteiger partial charge in [0.1, 0.15) is 0 Å². The van der Waals surface area contributed by atoms with Gasteiger partial charge in [0.25, 0.3) is 0 Å².